The Morgan fingerprint density at radius 3 is 1.64 bits per heavy atom. The SMILES string of the molecule is CCCC(CC)(CO)CCC. The summed E-state index contributed by atoms with van der Waals surface area (Å²) < 4.78 is 0. The van der Waals surface area contributed by atoms with E-state index in [0.717, 1.165) is 6.42 Å². The Kier molecular flexibility index (Phi) is 5.57. The maximum absolute atomic E-state index is 9.24. The summed E-state index contributed by atoms with van der Waals surface area (Å²) in [6.45, 7) is 6.93. The molecule has 0 aliphatic heterocycles. The number of hydrogen-bond donors (Lipinski definition) is 1. The summed E-state index contributed by atoms with van der Waals surface area (Å²) in [6, 6.07) is 0. The van der Waals surface area contributed by atoms with Gasteiger partial charge in [-0.1, -0.05) is 33.6 Å². The molecule has 1 nitrogen and oxygen atoms in total. The first-order valence-electron chi connectivity index (χ1n) is 4.85. The van der Waals surface area contributed by atoms with Crippen LogP contribution in [0.3, 0.4) is 0 Å². The maximum Gasteiger partial charge on any atom is 0.0487 e. The quantitative estimate of drug-likeness (QED) is 0.630. The van der Waals surface area contributed by atoms with E-state index in [1.165, 1.54) is 25.7 Å². The van der Waals surface area contributed by atoms with Gasteiger partial charge in [-0.25, -0.2) is 0 Å². The van der Waals surface area contributed by atoms with Gasteiger partial charge in [0.2, 0.25) is 0 Å². The fourth-order valence-corrected chi connectivity index (χ4v) is 1.81. The van der Waals surface area contributed by atoms with Crippen molar-refractivity contribution in [2.24, 2.45) is 5.41 Å². The molecule has 0 spiro atoms. The fourth-order valence-electron chi connectivity index (χ4n) is 1.81. The van der Waals surface area contributed by atoms with Crippen LogP contribution in [0, 0.1) is 5.41 Å². The van der Waals surface area contributed by atoms with E-state index in [1.807, 2.05) is 0 Å². The molecule has 0 unspecified atom stereocenters. The highest BCUT2D eigenvalue weighted by molar-refractivity contribution is 4.75. The molecule has 0 aliphatic carbocycles. The monoisotopic (exact) mass is 158 g/mol. The second-order valence-electron chi connectivity index (χ2n) is 3.51. The van der Waals surface area contributed by atoms with E-state index in [-0.39, 0.29) is 5.41 Å². The molecule has 1 N–H and O–H groups in total. The predicted molar refractivity (Wildman–Crippen MR) is 49.6 cm³/mol. The van der Waals surface area contributed by atoms with Crippen molar-refractivity contribution in [2.75, 3.05) is 6.61 Å². The van der Waals surface area contributed by atoms with E-state index in [9.17, 15) is 5.11 Å². The summed E-state index contributed by atoms with van der Waals surface area (Å²) in [5.74, 6) is 0. The smallest absolute Gasteiger partial charge is 0.0487 e. The van der Waals surface area contributed by atoms with Gasteiger partial charge in [0, 0.05) is 6.61 Å². The predicted octanol–water partition coefficient (Wildman–Crippen LogP) is 2.98. The second kappa shape index (κ2) is 5.59. The highest BCUT2D eigenvalue weighted by atomic mass is 16.3. The Bertz CT molecular complexity index is 76.9. The lowest BCUT2D eigenvalue weighted by Gasteiger charge is -2.29. The average Bonchev–Trinajstić information content (AvgIpc) is 2.04. The van der Waals surface area contributed by atoms with Crippen molar-refractivity contribution >= 4 is 0 Å². The molecule has 1 heteroatoms. The largest absolute Gasteiger partial charge is 0.396 e. The van der Waals surface area contributed by atoms with Crippen LogP contribution in [0.2, 0.25) is 0 Å². The lowest BCUT2D eigenvalue weighted by molar-refractivity contribution is 0.0984. The molecule has 68 valence electrons. The Labute approximate surface area is 70.8 Å². The molecule has 0 atom stereocenters. The summed E-state index contributed by atoms with van der Waals surface area (Å²) in [4.78, 5) is 0. The lowest BCUT2D eigenvalue weighted by atomic mass is 9.78. The van der Waals surface area contributed by atoms with Crippen LogP contribution in [0.5, 0.6) is 0 Å². The normalized spacial score (nSPS) is 12.0. The average molecular weight is 158 g/mol. The van der Waals surface area contributed by atoms with Crippen molar-refractivity contribution in [2.45, 2.75) is 52.9 Å². The van der Waals surface area contributed by atoms with Crippen LogP contribution >= 0.6 is 0 Å². The molecule has 0 fully saturated rings. The van der Waals surface area contributed by atoms with Crippen LogP contribution in [0.25, 0.3) is 0 Å². The Morgan fingerprint density at radius 2 is 1.45 bits per heavy atom. The molecule has 0 amide bonds. The first-order valence-corrected chi connectivity index (χ1v) is 4.85. The van der Waals surface area contributed by atoms with Gasteiger partial charge >= 0.3 is 0 Å². The zero-order valence-electron chi connectivity index (χ0n) is 8.19. The summed E-state index contributed by atoms with van der Waals surface area (Å²) in [5.41, 5.74) is 0.240. The molecule has 0 bridgehead atoms. The van der Waals surface area contributed by atoms with Gasteiger partial charge in [0.1, 0.15) is 0 Å². The fraction of sp³-hybridized carbons (Fsp3) is 1.00. The topological polar surface area (TPSA) is 20.2 Å². The van der Waals surface area contributed by atoms with E-state index in [0.29, 0.717) is 6.61 Å². The number of aliphatic hydroxyl groups excluding tert-OH is 1. The minimum Gasteiger partial charge on any atom is -0.396 e. The summed E-state index contributed by atoms with van der Waals surface area (Å²) in [6.07, 6.45) is 5.84. The zero-order chi connectivity index (χ0) is 8.74. The molecular formula is C10H22O. The molecule has 0 aromatic heterocycles. The van der Waals surface area contributed by atoms with Crippen LogP contribution in [-0.4, -0.2) is 11.7 Å². The molecule has 0 aromatic carbocycles. The highest BCUT2D eigenvalue weighted by Gasteiger charge is 2.24. The molecule has 0 radical (unpaired) electrons. The molecule has 0 aliphatic rings. The molecular weight excluding hydrogens is 136 g/mol. The molecule has 0 aromatic rings. The third-order valence-electron chi connectivity index (χ3n) is 2.65. The number of aliphatic hydroxyl groups is 1. The van der Waals surface area contributed by atoms with Gasteiger partial charge in [0.25, 0.3) is 0 Å². The number of rotatable bonds is 6. The number of hydrogen-bond acceptors (Lipinski definition) is 1. The molecule has 0 saturated carbocycles. The van der Waals surface area contributed by atoms with Gasteiger partial charge in [-0.05, 0) is 24.7 Å². The van der Waals surface area contributed by atoms with Crippen LogP contribution in [0.1, 0.15) is 52.9 Å². The van der Waals surface area contributed by atoms with Crippen LogP contribution in [0.15, 0.2) is 0 Å². The van der Waals surface area contributed by atoms with Crippen molar-refractivity contribution in [1.82, 2.24) is 0 Å². The third kappa shape index (κ3) is 3.24. The third-order valence-corrected chi connectivity index (χ3v) is 2.65. The van der Waals surface area contributed by atoms with Gasteiger partial charge < -0.3 is 5.11 Å². The first kappa shape index (κ1) is 11.0. The van der Waals surface area contributed by atoms with Crippen molar-refractivity contribution in [3.8, 4) is 0 Å². The molecule has 0 saturated heterocycles. The van der Waals surface area contributed by atoms with Crippen LogP contribution < -0.4 is 0 Å². The van der Waals surface area contributed by atoms with Gasteiger partial charge in [0.15, 0.2) is 0 Å². The molecule has 11 heavy (non-hydrogen) atoms. The van der Waals surface area contributed by atoms with Crippen molar-refractivity contribution in [3.05, 3.63) is 0 Å². The lowest BCUT2D eigenvalue weighted by Crippen LogP contribution is -2.24. The van der Waals surface area contributed by atoms with E-state index in [2.05, 4.69) is 20.8 Å². The standard InChI is InChI=1S/C10H22O/c1-4-7-10(6-3,9-11)8-5-2/h11H,4-9H2,1-3H3. The van der Waals surface area contributed by atoms with E-state index in [1.54, 1.807) is 0 Å². The first-order chi connectivity index (χ1) is 5.24. The van der Waals surface area contributed by atoms with Crippen molar-refractivity contribution in [3.63, 3.8) is 0 Å². The van der Waals surface area contributed by atoms with E-state index >= 15 is 0 Å². The van der Waals surface area contributed by atoms with E-state index < -0.39 is 0 Å². The maximum atomic E-state index is 9.24. The Balaban J connectivity index is 3.96. The van der Waals surface area contributed by atoms with Gasteiger partial charge in [-0.2, -0.15) is 0 Å². The summed E-state index contributed by atoms with van der Waals surface area (Å²) in [5, 5.41) is 9.24. The highest BCUT2D eigenvalue weighted by Crippen LogP contribution is 2.32. The van der Waals surface area contributed by atoms with Crippen LogP contribution in [0.4, 0.5) is 0 Å². The van der Waals surface area contributed by atoms with Gasteiger partial charge in [-0.3, -0.25) is 0 Å². The van der Waals surface area contributed by atoms with E-state index in [4.69, 9.17) is 0 Å². The Morgan fingerprint density at radius 1 is 1.00 bits per heavy atom. The second-order valence-corrected chi connectivity index (χ2v) is 3.51. The van der Waals surface area contributed by atoms with Crippen LogP contribution in [-0.2, 0) is 0 Å². The van der Waals surface area contributed by atoms with Gasteiger partial charge in [-0.15, -0.1) is 0 Å². The van der Waals surface area contributed by atoms with Crippen molar-refractivity contribution < 1.29 is 5.11 Å². The summed E-state index contributed by atoms with van der Waals surface area (Å²) in [7, 11) is 0. The minimum absolute atomic E-state index is 0.240. The summed E-state index contributed by atoms with van der Waals surface area (Å²) >= 11 is 0. The zero-order valence-corrected chi connectivity index (χ0v) is 8.19. The van der Waals surface area contributed by atoms with Gasteiger partial charge in [0.05, 0.1) is 0 Å². The molecule has 0 rings (SSSR count). The Hall–Kier alpha value is -0.0400. The van der Waals surface area contributed by atoms with Crippen molar-refractivity contribution in [1.29, 1.82) is 0 Å². The molecule has 0 heterocycles. The minimum atomic E-state index is 0.240.